The molecular formula is C19H14FN5O4S2. The number of carbonyl (C=O) groups excluding carboxylic acids is 2. The summed E-state index contributed by atoms with van der Waals surface area (Å²) < 4.78 is 25.6. The van der Waals surface area contributed by atoms with Crippen molar-refractivity contribution in [1.29, 1.82) is 0 Å². The van der Waals surface area contributed by atoms with Crippen LogP contribution in [0.5, 0.6) is 5.75 Å². The molecule has 9 nitrogen and oxygen atoms in total. The second-order valence-electron chi connectivity index (χ2n) is 6.03. The molecule has 0 aliphatic heterocycles. The summed E-state index contributed by atoms with van der Waals surface area (Å²) in [4.78, 5) is 26.0. The quantitative estimate of drug-likeness (QED) is 0.419. The number of thiophene rings is 1. The van der Waals surface area contributed by atoms with Crippen LogP contribution in [0.15, 0.2) is 46.2 Å². The summed E-state index contributed by atoms with van der Waals surface area (Å²) in [5, 5.41) is 15.8. The smallest absolute Gasteiger partial charge is 0.337 e. The summed E-state index contributed by atoms with van der Waals surface area (Å²) in [5.41, 5.74) is 0.336. The highest BCUT2D eigenvalue weighted by Crippen LogP contribution is 2.44. The molecule has 2 N–H and O–H groups in total. The normalized spacial score (nSPS) is 10.8. The number of carbonyl (C=O) groups is 2. The predicted octanol–water partition coefficient (Wildman–Crippen LogP) is 3.75. The van der Waals surface area contributed by atoms with Crippen molar-refractivity contribution in [3.8, 4) is 5.75 Å². The lowest BCUT2D eigenvalue weighted by Crippen LogP contribution is -2.12. The maximum atomic E-state index is 15.2. The average molecular weight is 459 g/mol. The van der Waals surface area contributed by atoms with Gasteiger partial charge in [-0.2, -0.15) is 5.21 Å². The highest BCUT2D eigenvalue weighted by Gasteiger charge is 2.25. The standard InChI is InChI=1S/C19H14FN5O4S2/c1-28-11-6-7-12-13(14(11)20)15(16(31-12)17(26)21-19-22-24-25-23-19)30-10-5-3-4-9(8-10)18(27)29-2/h3-8H,1-2H3,(H2,21,22,23,24,25,26). The molecule has 0 saturated heterocycles. The monoisotopic (exact) mass is 459 g/mol. The molecule has 12 heteroatoms. The lowest BCUT2D eigenvalue weighted by atomic mass is 10.2. The third kappa shape index (κ3) is 4.07. The zero-order valence-electron chi connectivity index (χ0n) is 16.1. The van der Waals surface area contributed by atoms with E-state index in [9.17, 15) is 9.59 Å². The fraction of sp³-hybridized carbons (Fsp3) is 0.105. The van der Waals surface area contributed by atoms with Crippen molar-refractivity contribution in [1.82, 2.24) is 20.6 Å². The molecule has 0 radical (unpaired) electrons. The number of esters is 1. The molecule has 0 fully saturated rings. The van der Waals surface area contributed by atoms with E-state index < -0.39 is 17.7 Å². The second kappa shape index (κ2) is 8.70. The number of benzene rings is 2. The van der Waals surface area contributed by atoms with Crippen molar-refractivity contribution in [2.24, 2.45) is 0 Å². The van der Waals surface area contributed by atoms with Crippen LogP contribution in [0.1, 0.15) is 20.0 Å². The van der Waals surface area contributed by atoms with Crippen molar-refractivity contribution in [3.63, 3.8) is 0 Å². The van der Waals surface area contributed by atoms with Gasteiger partial charge in [-0.1, -0.05) is 22.9 Å². The summed E-state index contributed by atoms with van der Waals surface area (Å²) in [6, 6.07) is 9.83. The van der Waals surface area contributed by atoms with Gasteiger partial charge in [-0.15, -0.1) is 16.4 Å². The van der Waals surface area contributed by atoms with Gasteiger partial charge >= 0.3 is 5.97 Å². The van der Waals surface area contributed by atoms with Gasteiger partial charge in [0.2, 0.25) is 0 Å². The minimum atomic E-state index is -0.582. The molecule has 31 heavy (non-hydrogen) atoms. The van der Waals surface area contributed by atoms with E-state index in [0.29, 0.717) is 20.1 Å². The van der Waals surface area contributed by atoms with Crippen LogP contribution in [0.3, 0.4) is 0 Å². The third-order valence-corrected chi connectivity index (χ3v) is 6.57. The Morgan fingerprint density at radius 3 is 2.77 bits per heavy atom. The van der Waals surface area contributed by atoms with Gasteiger partial charge in [-0.25, -0.2) is 9.18 Å². The molecular weight excluding hydrogens is 445 g/mol. The van der Waals surface area contributed by atoms with E-state index in [4.69, 9.17) is 9.47 Å². The Morgan fingerprint density at radius 1 is 1.23 bits per heavy atom. The molecule has 0 aliphatic rings. The number of fused-ring (bicyclic) bond motifs is 1. The van der Waals surface area contributed by atoms with Crippen molar-refractivity contribution >= 4 is 51.0 Å². The van der Waals surface area contributed by atoms with Gasteiger partial charge in [0.25, 0.3) is 11.9 Å². The molecule has 0 atom stereocenters. The van der Waals surface area contributed by atoms with E-state index in [1.54, 1.807) is 30.3 Å². The number of nitrogens with one attached hydrogen (secondary N) is 2. The van der Waals surface area contributed by atoms with Crippen LogP contribution in [0.4, 0.5) is 10.3 Å². The zero-order chi connectivity index (χ0) is 22.0. The number of ether oxygens (including phenoxy) is 2. The summed E-state index contributed by atoms with van der Waals surface area (Å²) in [7, 11) is 2.66. The number of amides is 1. The Kier molecular flexibility index (Phi) is 5.82. The highest BCUT2D eigenvalue weighted by atomic mass is 32.2. The van der Waals surface area contributed by atoms with Crippen LogP contribution < -0.4 is 10.1 Å². The first-order valence-electron chi connectivity index (χ1n) is 8.71. The van der Waals surface area contributed by atoms with E-state index in [1.165, 1.54) is 20.3 Å². The Labute approximate surface area is 182 Å². The SMILES string of the molecule is COC(=O)c1cccc(Sc2c(C(=O)Nc3nn[nH]n3)sc3ccc(OC)c(F)c23)c1. The number of methoxy groups -OCH3 is 2. The number of H-pyrrole nitrogens is 1. The first kappa shape index (κ1) is 20.8. The van der Waals surface area contributed by atoms with Gasteiger partial charge in [0.15, 0.2) is 11.6 Å². The maximum Gasteiger partial charge on any atom is 0.337 e. The summed E-state index contributed by atoms with van der Waals surface area (Å²) >= 11 is 2.26. The lowest BCUT2D eigenvalue weighted by molar-refractivity contribution is 0.0600. The van der Waals surface area contributed by atoms with E-state index in [0.717, 1.165) is 23.1 Å². The van der Waals surface area contributed by atoms with E-state index in [1.807, 2.05) is 0 Å². The molecule has 0 unspecified atom stereocenters. The van der Waals surface area contributed by atoms with Gasteiger partial charge < -0.3 is 9.47 Å². The molecule has 0 bridgehead atoms. The van der Waals surface area contributed by atoms with E-state index >= 15 is 4.39 Å². The predicted molar refractivity (Wildman–Crippen MR) is 112 cm³/mol. The first-order valence-corrected chi connectivity index (χ1v) is 10.3. The number of aromatic nitrogens is 4. The number of aromatic amines is 1. The van der Waals surface area contributed by atoms with Crippen LogP contribution in [-0.2, 0) is 4.74 Å². The first-order chi connectivity index (χ1) is 15.0. The molecule has 0 saturated carbocycles. The Bertz CT molecular complexity index is 1280. The number of hydrogen-bond donors (Lipinski definition) is 2. The van der Waals surface area contributed by atoms with Crippen molar-refractivity contribution in [2.45, 2.75) is 9.79 Å². The van der Waals surface area contributed by atoms with E-state index in [-0.39, 0.29) is 22.0 Å². The van der Waals surface area contributed by atoms with Gasteiger partial charge in [0, 0.05) is 19.9 Å². The molecule has 0 spiro atoms. The van der Waals surface area contributed by atoms with Crippen molar-refractivity contribution < 1.29 is 23.5 Å². The molecule has 4 rings (SSSR count). The van der Waals surface area contributed by atoms with Crippen LogP contribution in [-0.4, -0.2) is 46.7 Å². The lowest BCUT2D eigenvalue weighted by Gasteiger charge is -2.08. The van der Waals surface area contributed by atoms with Gasteiger partial charge in [-0.05, 0) is 35.5 Å². The Morgan fingerprint density at radius 2 is 2.06 bits per heavy atom. The summed E-state index contributed by atoms with van der Waals surface area (Å²) in [6.07, 6.45) is 0. The zero-order valence-corrected chi connectivity index (χ0v) is 17.8. The van der Waals surface area contributed by atoms with Crippen LogP contribution in [0.25, 0.3) is 10.1 Å². The second-order valence-corrected chi connectivity index (χ2v) is 8.16. The Hall–Kier alpha value is -3.51. The number of halogens is 1. The fourth-order valence-corrected chi connectivity index (χ4v) is 5.16. The summed E-state index contributed by atoms with van der Waals surface area (Å²) in [6.45, 7) is 0. The largest absolute Gasteiger partial charge is 0.494 e. The topological polar surface area (TPSA) is 119 Å². The van der Waals surface area contributed by atoms with Gasteiger partial charge in [-0.3, -0.25) is 10.1 Å². The maximum absolute atomic E-state index is 15.2. The molecule has 1 amide bonds. The summed E-state index contributed by atoms with van der Waals surface area (Å²) in [5.74, 6) is -1.56. The average Bonchev–Trinajstić information content (AvgIpc) is 3.42. The third-order valence-electron chi connectivity index (χ3n) is 4.19. The molecule has 158 valence electrons. The molecule has 4 aromatic rings. The molecule has 0 aliphatic carbocycles. The number of rotatable bonds is 6. The Balaban J connectivity index is 1.83. The molecule has 2 heterocycles. The van der Waals surface area contributed by atoms with Gasteiger partial charge in [0.1, 0.15) is 4.88 Å². The highest BCUT2D eigenvalue weighted by molar-refractivity contribution is 7.99. The minimum Gasteiger partial charge on any atom is -0.494 e. The fourth-order valence-electron chi connectivity index (χ4n) is 2.81. The number of hydrogen-bond acceptors (Lipinski definition) is 9. The van der Waals surface area contributed by atoms with Crippen LogP contribution in [0.2, 0.25) is 0 Å². The van der Waals surface area contributed by atoms with Gasteiger partial charge in [0.05, 0.1) is 19.8 Å². The number of tetrazole rings is 1. The molecule has 2 aromatic carbocycles. The molecule has 2 aromatic heterocycles. The van der Waals surface area contributed by atoms with Crippen LogP contribution in [0, 0.1) is 5.82 Å². The number of anilines is 1. The minimum absolute atomic E-state index is 0.0100. The van der Waals surface area contributed by atoms with Crippen molar-refractivity contribution in [3.05, 3.63) is 52.7 Å². The van der Waals surface area contributed by atoms with Crippen molar-refractivity contribution in [2.75, 3.05) is 19.5 Å². The number of nitrogens with zero attached hydrogens (tertiary/aromatic N) is 3. The van der Waals surface area contributed by atoms with E-state index in [2.05, 4.69) is 25.9 Å². The van der Waals surface area contributed by atoms with Crippen LogP contribution >= 0.6 is 23.1 Å².